The van der Waals surface area contributed by atoms with Gasteiger partial charge in [-0.1, -0.05) is 12.1 Å². The van der Waals surface area contributed by atoms with E-state index in [1.54, 1.807) is 19.2 Å². The molecular weight excluding hydrogens is 356 g/mol. The smallest absolute Gasteiger partial charge is 0.287 e. The molecule has 1 heterocycles. The summed E-state index contributed by atoms with van der Waals surface area (Å²) in [5.41, 5.74) is 1.02. The zero-order chi connectivity index (χ0) is 18.7. The van der Waals surface area contributed by atoms with E-state index in [4.69, 9.17) is 9.15 Å². The molecule has 0 saturated heterocycles. The predicted octanol–water partition coefficient (Wildman–Crippen LogP) is 2.22. The Morgan fingerprint density at radius 2 is 1.92 bits per heavy atom. The molecule has 0 radical (unpaired) electrons. The molecule has 1 fully saturated rings. The number of amides is 1. The van der Waals surface area contributed by atoms with Gasteiger partial charge < -0.3 is 14.5 Å². The van der Waals surface area contributed by atoms with Crippen molar-refractivity contribution in [3.8, 4) is 5.75 Å². The van der Waals surface area contributed by atoms with Crippen LogP contribution in [0, 0.1) is 5.92 Å². The number of rotatable bonds is 8. The fourth-order valence-corrected chi connectivity index (χ4v) is 3.13. The van der Waals surface area contributed by atoms with Crippen molar-refractivity contribution in [1.82, 2.24) is 10.0 Å². The van der Waals surface area contributed by atoms with E-state index in [-0.39, 0.29) is 24.3 Å². The molecule has 1 atom stereocenters. The number of hydrogen-bond acceptors (Lipinski definition) is 5. The predicted molar refractivity (Wildman–Crippen MR) is 96.3 cm³/mol. The minimum atomic E-state index is -3.32. The number of methoxy groups -OCH3 is 1. The third-order valence-electron chi connectivity index (χ3n) is 4.25. The highest BCUT2D eigenvalue weighted by Crippen LogP contribution is 2.41. The molecule has 1 aliphatic carbocycles. The van der Waals surface area contributed by atoms with Gasteiger partial charge in [0.15, 0.2) is 5.76 Å². The Balaban J connectivity index is 1.67. The molecule has 0 aliphatic heterocycles. The standard InChI is InChI=1S/C18H22N2O5S/c1-24-14-7-5-13(6-8-14)17(12-3-4-12)20-18(21)16-10-9-15(25-16)11-19-26(2,22)23/h5-10,12,17,19H,3-4,11H2,1-2H3,(H,20,21). The normalized spacial score (nSPS) is 15.5. The second kappa shape index (κ2) is 7.51. The van der Waals surface area contributed by atoms with Crippen LogP contribution in [0.1, 0.15) is 40.8 Å². The second-order valence-electron chi connectivity index (χ2n) is 6.42. The number of nitrogens with one attached hydrogen (secondary N) is 2. The SMILES string of the molecule is COc1ccc(C(NC(=O)c2ccc(CNS(C)(=O)=O)o2)C2CC2)cc1. The molecule has 1 aromatic carbocycles. The zero-order valence-electron chi connectivity index (χ0n) is 14.7. The number of carbonyl (C=O) groups is 1. The Labute approximate surface area is 152 Å². The molecule has 3 rings (SSSR count). The van der Waals surface area contributed by atoms with Crippen LogP contribution in [0.15, 0.2) is 40.8 Å². The molecule has 1 amide bonds. The number of hydrogen-bond donors (Lipinski definition) is 2. The van der Waals surface area contributed by atoms with Crippen LogP contribution in [0.5, 0.6) is 5.75 Å². The first-order valence-electron chi connectivity index (χ1n) is 8.34. The van der Waals surface area contributed by atoms with Crippen LogP contribution in [-0.4, -0.2) is 27.7 Å². The Bertz CT molecular complexity index is 869. The van der Waals surface area contributed by atoms with Gasteiger partial charge in [0.2, 0.25) is 10.0 Å². The molecule has 26 heavy (non-hydrogen) atoms. The summed E-state index contributed by atoms with van der Waals surface area (Å²) in [6.45, 7) is 0.0106. The molecule has 1 unspecified atom stereocenters. The number of sulfonamides is 1. The molecule has 0 spiro atoms. The van der Waals surface area contributed by atoms with E-state index < -0.39 is 10.0 Å². The summed E-state index contributed by atoms with van der Waals surface area (Å²) in [5, 5.41) is 3.02. The average molecular weight is 378 g/mol. The molecule has 7 nitrogen and oxygen atoms in total. The first-order chi connectivity index (χ1) is 12.4. The summed E-state index contributed by atoms with van der Waals surface area (Å²) in [7, 11) is -1.70. The van der Waals surface area contributed by atoms with Crippen molar-refractivity contribution >= 4 is 15.9 Å². The summed E-state index contributed by atoms with van der Waals surface area (Å²) < 4.78 is 35.2. The van der Waals surface area contributed by atoms with E-state index in [0.29, 0.717) is 11.7 Å². The molecular formula is C18H22N2O5S. The third kappa shape index (κ3) is 4.86. The highest BCUT2D eigenvalue weighted by Gasteiger charge is 2.34. The Hall–Kier alpha value is -2.32. The van der Waals surface area contributed by atoms with E-state index >= 15 is 0 Å². The lowest BCUT2D eigenvalue weighted by molar-refractivity contribution is 0.0901. The van der Waals surface area contributed by atoms with Crippen LogP contribution < -0.4 is 14.8 Å². The summed E-state index contributed by atoms with van der Waals surface area (Å²) in [4.78, 5) is 12.5. The van der Waals surface area contributed by atoms with Crippen LogP contribution in [-0.2, 0) is 16.6 Å². The summed E-state index contributed by atoms with van der Waals surface area (Å²) in [6, 6.07) is 10.7. The molecule has 0 bridgehead atoms. The summed E-state index contributed by atoms with van der Waals surface area (Å²) >= 11 is 0. The lowest BCUT2D eigenvalue weighted by Gasteiger charge is -2.18. The van der Waals surface area contributed by atoms with Crippen LogP contribution >= 0.6 is 0 Å². The van der Waals surface area contributed by atoms with E-state index in [0.717, 1.165) is 30.4 Å². The summed E-state index contributed by atoms with van der Waals surface area (Å²) in [6.07, 6.45) is 3.20. The quantitative estimate of drug-likeness (QED) is 0.734. The maximum Gasteiger partial charge on any atom is 0.287 e. The van der Waals surface area contributed by atoms with Crippen molar-refractivity contribution in [2.75, 3.05) is 13.4 Å². The molecule has 1 aromatic heterocycles. The molecule has 2 aromatic rings. The highest BCUT2D eigenvalue weighted by molar-refractivity contribution is 7.88. The average Bonchev–Trinajstić information content (AvgIpc) is 3.34. The first-order valence-corrected chi connectivity index (χ1v) is 10.2. The van der Waals surface area contributed by atoms with Gasteiger partial charge in [-0.25, -0.2) is 13.1 Å². The van der Waals surface area contributed by atoms with Crippen LogP contribution in [0.4, 0.5) is 0 Å². The van der Waals surface area contributed by atoms with Crippen molar-refractivity contribution in [2.24, 2.45) is 5.92 Å². The van der Waals surface area contributed by atoms with E-state index in [1.807, 2.05) is 24.3 Å². The van der Waals surface area contributed by atoms with Gasteiger partial charge in [-0.3, -0.25) is 4.79 Å². The fraction of sp³-hybridized carbons (Fsp3) is 0.389. The van der Waals surface area contributed by atoms with Crippen LogP contribution in [0.25, 0.3) is 0 Å². The van der Waals surface area contributed by atoms with Crippen LogP contribution in [0.3, 0.4) is 0 Å². The Kier molecular flexibility index (Phi) is 5.33. The van der Waals surface area contributed by atoms with E-state index in [9.17, 15) is 13.2 Å². The van der Waals surface area contributed by atoms with Gasteiger partial charge in [0.25, 0.3) is 5.91 Å². The molecule has 8 heteroatoms. The molecule has 1 aliphatic rings. The number of ether oxygens (including phenoxy) is 1. The van der Waals surface area contributed by atoms with Crippen molar-refractivity contribution in [2.45, 2.75) is 25.4 Å². The highest BCUT2D eigenvalue weighted by atomic mass is 32.2. The van der Waals surface area contributed by atoms with Gasteiger partial charge in [-0.2, -0.15) is 0 Å². The lowest BCUT2D eigenvalue weighted by Crippen LogP contribution is -2.29. The van der Waals surface area contributed by atoms with Crippen LogP contribution in [0.2, 0.25) is 0 Å². The Morgan fingerprint density at radius 3 is 2.50 bits per heavy atom. The van der Waals surface area contributed by atoms with Gasteiger partial charge in [0, 0.05) is 0 Å². The molecule has 2 N–H and O–H groups in total. The second-order valence-corrected chi connectivity index (χ2v) is 8.25. The van der Waals surface area contributed by atoms with E-state index in [2.05, 4.69) is 10.0 Å². The maximum atomic E-state index is 12.5. The topological polar surface area (TPSA) is 97.6 Å². The number of carbonyl (C=O) groups excluding carboxylic acids is 1. The van der Waals surface area contributed by atoms with E-state index in [1.165, 1.54) is 0 Å². The van der Waals surface area contributed by atoms with Crippen molar-refractivity contribution in [1.29, 1.82) is 0 Å². The largest absolute Gasteiger partial charge is 0.497 e. The lowest BCUT2D eigenvalue weighted by atomic mass is 10.0. The monoisotopic (exact) mass is 378 g/mol. The summed E-state index contributed by atoms with van der Waals surface area (Å²) in [5.74, 6) is 1.41. The zero-order valence-corrected chi connectivity index (χ0v) is 15.5. The number of benzene rings is 1. The van der Waals surface area contributed by atoms with Crippen molar-refractivity contribution in [3.63, 3.8) is 0 Å². The fourth-order valence-electron chi connectivity index (χ4n) is 2.72. The molecule has 140 valence electrons. The van der Waals surface area contributed by atoms with Gasteiger partial charge in [-0.05, 0) is 48.6 Å². The number of furan rings is 1. The van der Waals surface area contributed by atoms with Gasteiger partial charge in [0.05, 0.1) is 26.0 Å². The van der Waals surface area contributed by atoms with Gasteiger partial charge in [0.1, 0.15) is 11.5 Å². The maximum absolute atomic E-state index is 12.5. The molecule has 1 saturated carbocycles. The third-order valence-corrected chi connectivity index (χ3v) is 4.92. The van der Waals surface area contributed by atoms with Crippen molar-refractivity contribution < 1.29 is 22.4 Å². The first kappa shape index (κ1) is 18.5. The Morgan fingerprint density at radius 1 is 1.23 bits per heavy atom. The minimum Gasteiger partial charge on any atom is -0.497 e. The minimum absolute atomic E-state index is 0.0106. The van der Waals surface area contributed by atoms with Crippen molar-refractivity contribution in [3.05, 3.63) is 53.5 Å². The van der Waals surface area contributed by atoms with Gasteiger partial charge in [-0.15, -0.1) is 0 Å². The van der Waals surface area contributed by atoms with Gasteiger partial charge >= 0.3 is 0 Å².